The molecule has 4 nitrogen and oxygen atoms in total. The van der Waals surface area contributed by atoms with E-state index in [1.165, 1.54) is 0 Å². The van der Waals surface area contributed by atoms with E-state index in [-0.39, 0.29) is 17.7 Å². The lowest BCUT2D eigenvalue weighted by Crippen LogP contribution is -2.36. The molecule has 4 heteroatoms. The molecule has 22 heavy (non-hydrogen) atoms. The molecule has 0 aromatic heterocycles. The first-order valence-corrected chi connectivity index (χ1v) is 7.83. The Bertz CT molecular complexity index is 650. The zero-order chi connectivity index (χ0) is 15.9. The Kier molecular flexibility index (Phi) is 3.77. The number of fused-ring (bicyclic) bond motifs is 2. The summed E-state index contributed by atoms with van der Waals surface area (Å²) in [6.45, 7) is 4.01. The van der Waals surface area contributed by atoms with Crippen molar-refractivity contribution in [3.8, 4) is 0 Å². The second-order valence-corrected chi connectivity index (χ2v) is 6.29. The number of anilines is 1. The summed E-state index contributed by atoms with van der Waals surface area (Å²) in [5, 5.41) is 12.5. The number of carboxylic acids is 1. The fourth-order valence-electron chi connectivity index (χ4n) is 3.92. The van der Waals surface area contributed by atoms with Crippen LogP contribution in [0.4, 0.5) is 5.69 Å². The maximum absolute atomic E-state index is 12.7. The molecule has 0 unspecified atom stereocenters. The summed E-state index contributed by atoms with van der Waals surface area (Å²) in [6.07, 6.45) is 5.57. The van der Waals surface area contributed by atoms with Crippen LogP contribution in [0.3, 0.4) is 0 Å². The Morgan fingerprint density at radius 3 is 2.55 bits per heavy atom. The molecule has 1 aromatic carbocycles. The number of hydrogen-bond donors (Lipinski definition) is 2. The largest absolute Gasteiger partial charge is 0.481 e. The lowest BCUT2D eigenvalue weighted by molar-refractivity contribution is -0.146. The molecule has 1 amide bonds. The van der Waals surface area contributed by atoms with Gasteiger partial charge in [-0.2, -0.15) is 0 Å². The Hall–Kier alpha value is -2.10. The van der Waals surface area contributed by atoms with E-state index in [2.05, 4.69) is 5.32 Å². The number of carboxylic acid groups (broad SMARTS) is 1. The second kappa shape index (κ2) is 5.59. The van der Waals surface area contributed by atoms with E-state index in [4.69, 9.17) is 0 Å². The first kappa shape index (κ1) is 14.8. The van der Waals surface area contributed by atoms with Gasteiger partial charge in [0.2, 0.25) is 5.91 Å². The number of carbonyl (C=O) groups is 2. The summed E-state index contributed by atoms with van der Waals surface area (Å²) in [4.78, 5) is 24.3. The number of amides is 1. The van der Waals surface area contributed by atoms with Gasteiger partial charge in [0.1, 0.15) is 0 Å². The van der Waals surface area contributed by atoms with Crippen LogP contribution in [0.1, 0.15) is 24.5 Å². The molecule has 0 saturated heterocycles. The molecule has 116 valence electrons. The summed E-state index contributed by atoms with van der Waals surface area (Å²) >= 11 is 0. The number of nitrogens with one attached hydrogen (secondary N) is 1. The molecular formula is C18H21NO3. The van der Waals surface area contributed by atoms with Crippen LogP contribution in [0.15, 0.2) is 30.4 Å². The van der Waals surface area contributed by atoms with Crippen LogP contribution in [0, 0.1) is 30.6 Å². The van der Waals surface area contributed by atoms with Gasteiger partial charge >= 0.3 is 5.97 Å². The van der Waals surface area contributed by atoms with E-state index in [1.54, 1.807) is 0 Å². The van der Waals surface area contributed by atoms with Crippen LogP contribution >= 0.6 is 0 Å². The van der Waals surface area contributed by atoms with Gasteiger partial charge in [0.05, 0.1) is 11.8 Å². The molecule has 0 aliphatic heterocycles. The van der Waals surface area contributed by atoms with Gasteiger partial charge in [-0.15, -0.1) is 0 Å². The van der Waals surface area contributed by atoms with Crippen molar-refractivity contribution in [3.63, 3.8) is 0 Å². The summed E-state index contributed by atoms with van der Waals surface area (Å²) in [7, 11) is 0. The Balaban J connectivity index is 1.86. The number of benzene rings is 1. The molecule has 3 rings (SSSR count). The maximum Gasteiger partial charge on any atom is 0.307 e. The number of aryl methyl sites for hydroxylation is 2. The van der Waals surface area contributed by atoms with Crippen molar-refractivity contribution in [2.75, 3.05) is 5.32 Å². The van der Waals surface area contributed by atoms with Crippen LogP contribution in [0.5, 0.6) is 0 Å². The molecule has 4 atom stereocenters. The van der Waals surface area contributed by atoms with Crippen LogP contribution < -0.4 is 5.32 Å². The van der Waals surface area contributed by atoms with Gasteiger partial charge in [0.15, 0.2) is 0 Å². The molecular weight excluding hydrogens is 278 g/mol. The SMILES string of the molecule is CCc1cccc(C)c1NC(=O)[C@H]1[C@H](C(=O)O)[C@H]2C=C[C@H]1C2. The summed E-state index contributed by atoms with van der Waals surface area (Å²) < 4.78 is 0. The molecule has 2 aliphatic carbocycles. The van der Waals surface area contributed by atoms with Gasteiger partial charge in [-0.25, -0.2) is 0 Å². The molecule has 0 radical (unpaired) electrons. The molecule has 2 N–H and O–H groups in total. The van der Waals surface area contributed by atoms with E-state index in [1.807, 2.05) is 44.2 Å². The van der Waals surface area contributed by atoms with Crippen molar-refractivity contribution in [1.29, 1.82) is 0 Å². The Labute approximate surface area is 130 Å². The van der Waals surface area contributed by atoms with E-state index in [0.717, 1.165) is 29.7 Å². The van der Waals surface area contributed by atoms with Crippen LogP contribution in [-0.4, -0.2) is 17.0 Å². The molecule has 1 saturated carbocycles. The van der Waals surface area contributed by atoms with Gasteiger partial charge in [0.25, 0.3) is 0 Å². The maximum atomic E-state index is 12.7. The molecule has 2 bridgehead atoms. The minimum absolute atomic E-state index is 0.000709. The van der Waals surface area contributed by atoms with E-state index >= 15 is 0 Å². The van der Waals surface area contributed by atoms with Crippen LogP contribution in [0.2, 0.25) is 0 Å². The van der Waals surface area contributed by atoms with Crippen molar-refractivity contribution in [2.24, 2.45) is 23.7 Å². The zero-order valence-electron chi connectivity index (χ0n) is 12.9. The van der Waals surface area contributed by atoms with Gasteiger partial charge in [-0.1, -0.05) is 37.3 Å². The predicted molar refractivity (Wildman–Crippen MR) is 84.5 cm³/mol. The molecule has 0 heterocycles. The molecule has 1 aromatic rings. The summed E-state index contributed by atoms with van der Waals surface area (Å²) in [5.41, 5.74) is 2.93. The second-order valence-electron chi connectivity index (χ2n) is 6.29. The molecule has 0 spiro atoms. The summed E-state index contributed by atoms with van der Waals surface area (Å²) in [5.74, 6) is -2.02. The third-order valence-electron chi connectivity index (χ3n) is 5.04. The minimum atomic E-state index is -0.863. The number of allylic oxidation sites excluding steroid dienone is 2. The monoisotopic (exact) mass is 299 g/mol. The Morgan fingerprint density at radius 2 is 1.91 bits per heavy atom. The standard InChI is InChI=1S/C18H21NO3/c1-3-11-6-4-5-10(2)16(11)19-17(20)14-12-7-8-13(9-12)15(14)18(21)22/h4-8,12-15H,3,9H2,1-2H3,(H,19,20)(H,21,22)/t12-,13-,14+,15+/m0/s1. The third-order valence-corrected chi connectivity index (χ3v) is 5.04. The molecule has 2 aliphatic rings. The minimum Gasteiger partial charge on any atom is -0.481 e. The fourth-order valence-corrected chi connectivity index (χ4v) is 3.92. The van der Waals surface area contributed by atoms with Gasteiger partial charge in [-0.05, 0) is 42.7 Å². The fraction of sp³-hybridized carbons (Fsp3) is 0.444. The third kappa shape index (κ3) is 2.32. The van der Waals surface area contributed by atoms with Gasteiger partial charge in [-0.3, -0.25) is 9.59 Å². The number of para-hydroxylation sites is 1. The Morgan fingerprint density at radius 1 is 1.23 bits per heavy atom. The van der Waals surface area contributed by atoms with Crippen molar-refractivity contribution in [2.45, 2.75) is 26.7 Å². The highest BCUT2D eigenvalue weighted by atomic mass is 16.4. The average Bonchev–Trinajstić information content (AvgIpc) is 3.09. The highest BCUT2D eigenvalue weighted by molar-refractivity contribution is 5.97. The van der Waals surface area contributed by atoms with Crippen LogP contribution in [0.25, 0.3) is 0 Å². The lowest BCUT2D eigenvalue weighted by atomic mass is 9.82. The van der Waals surface area contributed by atoms with E-state index in [9.17, 15) is 14.7 Å². The highest BCUT2D eigenvalue weighted by Crippen LogP contribution is 2.48. The predicted octanol–water partition coefficient (Wildman–Crippen LogP) is 3.02. The van der Waals surface area contributed by atoms with Gasteiger partial charge in [0, 0.05) is 5.69 Å². The smallest absolute Gasteiger partial charge is 0.307 e. The van der Waals surface area contributed by atoms with Crippen molar-refractivity contribution in [3.05, 3.63) is 41.5 Å². The van der Waals surface area contributed by atoms with Crippen molar-refractivity contribution < 1.29 is 14.7 Å². The first-order valence-electron chi connectivity index (χ1n) is 7.83. The topological polar surface area (TPSA) is 66.4 Å². The molecule has 1 fully saturated rings. The number of hydrogen-bond acceptors (Lipinski definition) is 2. The van der Waals surface area contributed by atoms with E-state index in [0.29, 0.717) is 0 Å². The number of aliphatic carboxylic acids is 1. The van der Waals surface area contributed by atoms with Crippen molar-refractivity contribution in [1.82, 2.24) is 0 Å². The van der Waals surface area contributed by atoms with E-state index < -0.39 is 17.8 Å². The lowest BCUT2D eigenvalue weighted by Gasteiger charge is -2.25. The quantitative estimate of drug-likeness (QED) is 0.840. The number of carbonyl (C=O) groups excluding carboxylic acids is 1. The average molecular weight is 299 g/mol. The van der Waals surface area contributed by atoms with Crippen LogP contribution in [-0.2, 0) is 16.0 Å². The first-order chi connectivity index (χ1) is 10.5. The van der Waals surface area contributed by atoms with Crippen molar-refractivity contribution >= 4 is 17.6 Å². The van der Waals surface area contributed by atoms with Gasteiger partial charge < -0.3 is 10.4 Å². The summed E-state index contributed by atoms with van der Waals surface area (Å²) in [6, 6.07) is 5.94. The zero-order valence-corrected chi connectivity index (χ0v) is 12.9. The normalized spacial score (nSPS) is 28.8. The highest BCUT2D eigenvalue weighted by Gasteiger charge is 2.51. The number of rotatable bonds is 4.